The Bertz CT molecular complexity index is 1150. The molecule has 0 aliphatic carbocycles. The number of thiophene rings is 1. The Labute approximate surface area is 172 Å². The van der Waals surface area contributed by atoms with E-state index < -0.39 is 0 Å². The van der Waals surface area contributed by atoms with Gasteiger partial charge in [-0.05, 0) is 24.3 Å². The zero-order valence-electron chi connectivity index (χ0n) is 14.2. The van der Waals surface area contributed by atoms with Gasteiger partial charge in [0.15, 0.2) is 0 Å². The summed E-state index contributed by atoms with van der Waals surface area (Å²) in [5, 5.41) is 4.45. The molecule has 0 radical (unpaired) electrons. The molecule has 3 heterocycles. The number of benzene rings is 2. The molecule has 0 amide bonds. The first kappa shape index (κ1) is 18.1. The highest BCUT2D eigenvalue weighted by Gasteiger charge is 2.17. The van der Waals surface area contributed by atoms with Gasteiger partial charge < -0.3 is 9.73 Å². The van der Waals surface area contributed by atoms with E-state index in [1.54, 1.807) is 11.3 Å². The topological polar surface area (TPSA) is 37.5 Å². The van der Waals surface area contributed by atoms with Crippen molar-refractivity contribution in [2.24, 2.45) is 4.99 Å². The van der Waals surface area contributed by atoms with Crippen LogP contribution < -0.4 is 5.32 Å². The van der Waals surface area contributed by atoms with E-state index in [1.165, 1.54) is 0 Å². The molecular formula is C21H16Cl2N2OS. The van der Waals surface area contributed by atoms with E-state index in [1.807, 2.05) is 30.3 Å². The highest BCUT2D eigenvalue weighted by molar-refractivity contribution is 7.19. The Hall–Kier alpha value is -2.27. The van der Waals surface area contributed by atoms with Crippen LogP contribution in [-0.2, 0) is 0 Å². The molecule has 3 nitrogen and oxygen atoms in total. The molecule has 0 saturated carbocycles. The summed E-state index contributed by atoms with van der Waals surface area (Å²) in [5.41, 5.74) is 4.14. The van der Waals surface area contributed by atoms with E-state index in [0.29, 0.717) is 0 Å². The number of rotatable bonds is 3. The van der Waals surface area contributed by atoms with Crippen molar-refractivity contribution in [2.45, 2.75) is 0 Å². The van der Waals surface area contributed by atoms with Crippen LogP contribution in [0.2, 0.25) is 4.34 Å². The molecule has 27 heavy (non-hydrogen) atoms. The number of amidine groups is 1. The summed E-state index contributed by atoms with van der Waals surface area (Å²) in [6.45, 7) is 1.69. The van der Waals surface area contributed by atoms with Crippen molar-refractivity contribution in [3.8, 4) is 21.8 Å². The number of furan rings is 1. The lowest BCUT2D eigenvalue weighted by molar-refractivity contribution is 0.631. The highest BCUT2D eigenvalue weighted by Crippen LogP contribution is 2.39. The van der Waals surface area contributed by atoms with Crippen molar-refractivity contribution in [1.82, 2.24) is 5.32 Å². The van der Waals surface area contributed by atoms with Gasteiger partial charge in [0.1, 0.15) is 17.2 Å². The molecule has 0 saturated heterocycles. The number of nitrogens with zero attached hydrogens (tertiary/aromatic N) is 1. The second kappa shape index (κ2) is 7.39. The van der Waals surface area contributed by atoms with Crippen molar-refractivity contribution in [2.75, 3.05) is 13.1 Å². The minimum absolute atomic E-state index is 0. The van der Waals surface area contributed by atoms with Crippen molar-refractivity contribution in [1.29, 1.82) is 0 Å². The molecule has 0 unspecified atom stereocenters. The molecule has 4 aromatic rings. The molecule has 2 aromatic heterocycles. The van der Waals surface area contributed by atoms with E-state index in [4.69, 9.17) is 16.0 Å². The van der Waals surface area contributed by atoms with Crippen molar-refractivity contribution in [3.63, 3.8) is 0 Å². The van der Waals surface area contributed by atoms with Gasteiger partial charge in [-0.1, -0.05) is 48.0 Å². The Morgan fingerprint density at radius 1 is 0.963 bits per heavy atom. The third kappa shape index (κ3) is 3.25. The molecule has 5 rings (SSSR count). The van der Waals surface area contributed by atoms with Crippen LogP contribution in [0.5, 0.6) is 0 Å². The van der Waals surface area contributed by atoms with E-state index in [9.17, 15) is 0 Å². The molecule has 0 fully saturated rings. The highest BCUT2D eigenvalue weighted by atomic mass is 35.5. The molecule has 1 aliphatic rings. The van der Waals surface area contributed by atoms with Gasteiger partial charge in [0.25, 0.3) is 0 Å². The van der Waals surface area contributed by atoms with E-state index >= 15 is 0 Å². The maximum absolute atomic E-state index is 6.21. The number of fused-ring (bicyclic) bond motifs is 1. The molecule has 0 bridgehead atoms. The van der Waals surface area contributed by atoms with Gasteiger partial charge in [0, 0.05) is 33.5 Å². The Kier molecular flexibility index (Phi) is 4.96. The number of halogens is 2. The summed E-state index contributed by atoms with van der Waals surface area (Å²) in [4.78, 5) is 5.71. The first-order valence-electron chi connectivity index (χ1n) is 8.46. The average molecular weight is 415 g/mol. The van der Waals surface area contributed by atoms with Crippen LogP contribution in [0.1, 0.15) is 5.56 Å². The van der Waals surface area contributed by atoms with Gasteiger partial charge in [-0.25, -0.2) is 0 Å². The van der Waals surface area contributed by atoms with Gasteiger partial charge in [-0.2, -0.15) is 0 Å². The van der Waals surface area contributed by atoms with Crippen LogP contribution in [0.25, 0.3) is 32.7 Å². The fourth-order valence-electron chi connectivity index (χ4n) is 3.35. The molecular weight excluding hydrogens is 399 g/mol. The second-order valence-corrected chi connectivity index (χ2v) is 7.85. The fourth-order valence-corrected chi connectivity index (χ4v) is 4.43. The first-order valence-corrected chi connectivity index (χ1v) is 9.65. The first-order chi connectivity index (χ1) is 12.8. The fraction of sp³-hybridized carbons (Fsp3) is 0.0952. The third-order valence-electron chi connectivity index (χ3n) is 4.52. The van der Waals surface area contributed by atoms with E-state index in [0.717, 1.165) is 61.6 Å². The zero-order valence-corrected chi connectivity index (χ0v) is 16.6. The van der Waals surface area contributed by atoms with Gasteiger partial charge in [-0.15, -0.1) is 23.7 Å². The van der Waals surface area contributed by atoms with Crippen molar-refractivity contribution in [3.05, 3.63) is 70.6 Å². The Morgan fingerprint density at radius 3 is 2.52 bits per heavy atom. The zero-order chi connectivity index (χ0) is 17.5. The molecule has 1 aliphatic heterocycles. The molecule has 0 atom stereocenters. The van der Waals surface area contributed by atoms with Crippen LogP contribution in [0.15, 0.2) is 70.1 Å². The number of aliphatic imine (C=N–C) groups is 1. The standard InChI is InChI=1S/C21H15ClN2OS.ClH/c22-20-9-8-19(26-20)14-6-3-7-17-16(14)12-18(25-17)13-4-1-2-5-15(13)21-23-10-11-24-21;/h1-9,12H,10-11H2,(H,23,24);1H. The van der Waals surface area contributed by atoms with Crippen molar-refractivity contribution >= 4 is 52.1 Å². The molecule has 6 heteroatoms. The quantitative estimate of drug-likeness (QED) is 0.429. The summed E-state index contributed by atoms with van der Waals surface area (Å²) in [6, 6.07) is 20.5. The Morgan fingerprint density at radius 2 is 1.78 bits per heavy atom. The monoisotopic (exact) mass is 414 g/mol. The smallest absolute Gasteiger partial charge is 0.136 e. The molecule has 0 spiro atoms. The van der Waals surface area contributed by atoms with Crippen LogP contribution in [0.3, 0.4) is 0 Å². The number of hydrogen-bond acceptors (Lipinski definition) is 4. The van der Waals surface area contributed by atoms with Crippen LogP contribution in [0.4, 0.5) is 0 Å². The molecule has 1 N–H and O–H groups in total. The summed E-state index contributed by atoms with van der Waals surface area (Å²) in [5.74, 6) is 1.79. The summed E-state index contributed by atoms with van der Waals surface area (Å²) in [7, 11) is 0. The number of hydrogen-bond donors (Lipinski definition) is 1. The maximum atomic E-state index is 6.21. The van der Waals surface area contributed by atoms with Gasteiger partial charge in [0.05, 0.1) is 10.9 Å². The van der Waals surface area contributed by atoms with Crippen LogP contribution in [0, 0.1) is 0 Å². The summed E-state index contributed by atoms with van der Waals surface area (Å²) >= 11 is 7.71. The average Bonchev–Trinajstić information content (AvgIpc) is 3.41. The Balaban J connectivity index is 0.00000180. The van der Waals surface area contributed by atoms with Gasteiger partial charge in [-0.3, -0.25) is 4.99 Å². The minimum atomic E-state index is 0. The molecule has 136 valence electrons. The van der Waals surface area contributed by atoms with Crippen LogP contribution in [-0.4, -0.2) is 18.9 Å². The third-order valence-corrected chi connectivity index (χ3v) is 5.79. The lowest BCUT2D eigenvalue weighted by atomic mass is 10.0. The lowest BCUT2D eigenvalue weighted by Gasteiger charge is -2.07. The van der Waals surface area contributed by atoms with Gasteiger partial charge in [0.2, 0.25) is 0 Å². The summed E-state index contributed by atoms with van der Waals surface area (Å²) < 4.78 is 7.00. The minimum Gasteiger partial charge on any atom is -0.456 e. The SMILES string of the molecule is Cl.Clc1ccc(-c2cccc3oc(-c4ccccc4C4=NCCN4)cc23)s1. The summed E-state index contributed by atoms with van der Waals surface area (Å²) in [6.07, 6.45) is 0. The van der Waals surface area contributed by atoms with E-state index in [2.05, 4.69) is 40.6 Å². The second-order valence-electron chi connectivity index (χ2n) is 6.13. The van der Waals surface area contributed by atoms with E-state index in [-0.39, 0.29) is 12.4 Å². The predicted molar refractivity (Wildman–Crippen MR) is 117 cm³/mol. The predicted octanol–water partition coefficient (Wildman–Crippen LogP) is 6.25. The van der Waals surface area contributed by atoms with Crippen molar-refractivity contribution < 1.29 is 4.42 Å². The number of nitrogens with one attached hydrogen (secondary N) is 1. The maximum Gasteiger partial charge on any atom is 0.136 e. The van der Waals surface area contributed by atoms with Crippen LogP contribution >= 0.6 is 35.3 Å². The normalized spacial score (nSPS) is 13.3. The lowest BCUT2D eigenvalue weighted by Crippen LogP contribution is -2.20. The largest absolute Gasteiger partial charge is 0.456 e. The molecule has 2 aromatic carbocycles. The van der Waals surface area contributed by atoms with Gasteiger partial charge >= 0.3 is 0 Å².